The van der Waals surface area contributed by atoms with Gasteiger partial charge in [-0.2, -0.15) is 4.31 Å². The Bertz CT molecular complexity index is 1410. The molecule has 2 aromatic carbocycles. The maximum Gasteiger partial charge on any atom is 0.243 e. The lowest BCUT2D eigenvalue weighted by atomic mass is 10.0. The van der Waals surface area contributed by atoms with Gasteiger partial charge in [0, 0.05) is 57.5 Å². The number of benzene rings is 2. The summed E-state index contributed by atoms with van der Waals surface area (Å²) in [5.41, 5.74) is 0.915. The first-order chi connectivity index (χ1) is 18.9. The minimum Gasteiger partial charge on any atom is -0.497 e. The van der Waals surface area contributed by atoms with Crippen LogP contribution in [0.2, 0.25) is 0 Å². The summed E-state index contributed by atoms with van der Waals surface area (Å²) < 4.78 is 45.0. The zero-order valence-electron chi connectivity index (χ0n) is 22.5. The van der Waals surface area contributed by atoms with Crippen LogP contribution < -0.4 is 9.64 Å². The van der Waals surface area contributed by atoms with Gasteiger partial charge in [0.1, 0.15) is 17.4 Å². The van der Waals surface area contributed by atoms with Crippen molar-refractivity contribution in [1.29, 1.82) is 0 Å². The van der Waals surface area contributed by atoms with E-state index in [1.54, 1.807) is 35.7 Å². The van der Waals surface area contributed by atoms with Crippen LogP contribution in [-0.2, 0) is 19.5 Å². The average Bonchev–Trinajstić information content (AvgIpc) is 3.44. The van der Waals surface area contributed by atoms with Crippen molar-refractivity contribution in [2.75, 3.05) is 64.5 Å². The fraction of sp³-hybridized carbons (Fsp3) is 0.500. The van der Waals surface area contributed by atoms with Crippen LogP contribution in [0.15, 0.2) is 53.4 Å². The minimum absolute atomic E-state index is 0.0585. The molecule has 0 aliphatic carbocycles. The number of methoxy groups -OCH3 is 1. The minimum atomic E-state index is -3.57. The average molecular weight is 554 g/mol. The smallest absolute Gasteiger partial charge is 0.243 e. The fourth-order valence-electron chi connectivity index (χ4n) is 5.74. The van der Waals surface area contributed by atoms with Crippen molar-refractivity contribution in [3.05, 3.63) is 54.4 Å². The van der Waals surface area contributed by atoms with Crippen molar-refractivity contribution in [2.45, 2.75) is 36.5 Å². The predicted octanol–water partition coefficient (Wildman–Crippen LogP) is 3.05. The molecule has 4 heterocycles. The molecule has 3 aliphatic rings. The molecule has 1 spiro atoms. The van der Waals surface area contributed by atoms with Gasteiger partial charge in [-0.1, -0.05) is 12.1 Å². The van der Waals surface area contributed by atoms with Crippen LogP contribution in [0.4, 0.5) is 5.82 Å². The van der Waals surface area contributed by atoms with Crippen LogP contribution in [-0.4, -0.2) is 93.0 Å². The third-order valence-corrected chi connectivity index (χ3v) is 10.0. The number of ether oxygens (including phenoxy) is 3. The maximum absolute atomic E-state index is 13.2. The molecule has 0 saturated carbocycles. The van der Waals surface area contributed by atoms with Gasteiger partial charge in [-0.25, -0.2) is 18.4 Å². The quantitative estimate of drug-likeness (QED) is 0.456. The van der Waals surface area contributed by atoms with Crippen LogP contribution in [0.25, 0.3) is 10.9 Å². The molecule has 39 heavy (non-hydrogen) atoms. The summed E-state index contributed by atoms with van der Waals surface area (Å²) in [5.74, 6) is 1.88. The number of aromatic nitrogens is 2. The number of hydrogen-bond acceptors (Lipinski definition) is 9. The third-order valence-electron chi connectivity index (χ3n) is 8.13. The Labute approximate surface area is 229 Å². The third kappa shape index (κ3) is 5.09. The Morgan fingerprint density at radius 3 is 2.23 bits per heavy atom. The van der Waals surface area contributed by atoms with Gasteiger partial charge in [0.25, 0.3) is 0 Å². The largest absolute Gasteiger partial charge is 0.497 e. The van der Waals surface area contributed by atoms with E-state index in [1.165, 1.54) is 0 Å². The van der Waals surface area contributed by atoms with Gasteiger partial charge in [-0.15, -0.1) is 0 Å². The Morgan fingerprint density at radius 2 is 1.56 bits per heavy atom. The summed E-state index contributed by atoms with van der Waals surface area (Å²) in [6, 6.07) is 14.6. The van der Waals surface area contributed by atoms with Gasteiger partial charge >= 0.3 is 0 Å². The summed E-state index contributed by atoms with van der Waals surface area (Å²) >= 11 is 0. The molecule has 6 rings (SSSR count). The molecule has 1 atom stereocenters. The second-order valence-electron chi connectivity index (χ2n) is 10.3. The molecule has 3 aromatic rings. The van der Waals surface area contributed by atoms with E-state index in [0.29, 0.717) is 45.1 Å². The molecule has 1 unspecified atom stereocenters. The molecule has 0 radical (unpaired) electrons. The Balaban J connectivity index is 1.18. The van der Waals surface area contributed by atoms with E-state index in [0.717, 1.165) is 48.5 Å². The maximum atomic E-state index is 13.2. The monoisotopic (exact) mass is 553 g/mol. The molecule has 10 nitrogen and oxygen atoms in total. The van der Waals surface area contributed by atoms with Crippen molar-refractivity contribution in [3.8, 4) is 5.75 Å². The molecule has 1 aromatic heterocycles. The van der Waals surface area contributed by atoms with Gasteiger partial charge in [0.05, 0.1) is 36.8 Å². The number of piperidine rings is 1. The first-order valence-electron chi connectivity index (χ1n) is 13.6. The molecule has 0 bridgehead atoms. The van der Waals surface area contributed by atoms with Crippen LogP contribution >= 0.6 is 0 Å². The number of hydrogen-bond donors (Lipinski definition) is 0. The molecule has 11 heteroatoms. The second kappa shape index (κ2) is 10.6. The molecular formula is C28H35N5O5S. The van der Waals surface area contributed by atoms with E-state index in [-0.39, 0.29) is 10.9 Å². The van der Waals surface area contributed by atoms with Crippen molar-refractivity contribution in [2.24, 2.45) is 0 Å². The number of para-hydroxylation sites is 1. The first kappa shape index (κ1) is 26.4. The Hall–Kier alpha value is -2.83. The van der Waals surface area contributed by atoms with E-state index in [9.17, 15) is 8.42 Å². The highest BCUT2D eigenvalue weighted by Crippen LogP contribution is 2.35. The number of fused-ring (bicyclic) bond motifs is 1. The Kier molecular flexibility index (Phi) is 7.19. The number of rotatable bonds is 6. The molecule has 3 aliphatic heterocycles. The first-order valence-corrected chi connectivity index (χ1v) is 15.0. The van der Waals surface area contributed by atoms with Crippen LogP contribution in [0, 0.1) is 0 Å². The van der Waals surface area contributed by atoms with Gasteiger partial charge < -0.3 is 19.1 Å². The Morgan fingerprint density at radius 1 is 0.897 bits per heavy atom. The van der Waals surface area contributed by atoms with Gasteiger partial charge in [0.15, 0.2) is 5.79 Å². The topological polar surface area (TPSA) is 97.3 Å². The summed E-state index contributed by atoms with van der Waals surface area (Å²) in [7, 11) is -2.00. The highest BCUT2D eigenvalue weighted by molar-refractivity contribution is 7.89. The van der Waals surface area contributed by atoms with Crippen LogP contribution in [0.1, 0.15) is 31.6 Å². The molecule has 0 N–H and O–H groups in total. The van der Waals surface area contributed by atoms with E-state index in [4.69, 9.17) is 24.2 Å². The van der Waals surface area contributed by atoms with E-state index >= 15 is 0 Å². The van der Waals surface area contributed by atoms with E-state index in [2.05, 4.69) is 22.8 Å². The predicted molar refractivity (Wildman–Crippen MR) is 147 cm³/mol. The SMILES string of the molecule is COc1ccc(S(=O)(=O)N2CCN(C(C)c3nc(N4CCC5(CC4)OCCO5)c4ccccc4n3)CC2)cc1. The number of nitrogens with zero attached hydrogens (tertiary/aromatic N) is 5. The summed E-state index contributed by atoms with van der Waals surface area (Å²) in [6.45, 7) is 7.05. The summed E-state index contributed by atoms with van der Waals surface area (Å²) in [6.07, 6.45) is 1.61. The molecule has 3 fully saturated rings. The highest BCUT2D eigenvalue weighted by atomic mass is 32.2. The van der Waals surface area contributed by atoms with Crippen molar-refractivity contribution < 1.29 is 22.6 Å². The zero-order chi connectivity index (χ0) is 27.0. The molecule has 208 valence electrons. The fourth-order valence-corrected chi connectivity index (χ4v) is 7.16. The van der Waals surface area contributed by atoms with E-state index < -0.39 is 15.8 Å². The number of anilines is 1. The standard InChI is InChI=1S/C28H35N5O5S/c1-21(31-15-17-33(18-16-31)39(34,35)23-9-7-22(36-2)8-10-23)26-29-25-6-4-3-5-24(25)27(30-26)32-13-11-28(12-14-32)37-19-20-38-28/h3-10,21H,11-20H2,1-2H3. The lowest BCUT2D eigenvalue weighted by Gasteiger charge is -2.39. The molecular weight excluding hydrogens is 518 g/mol. The van der Waals surface area contributed by atoms with Crippen molar-refractivity contribution >= 4 is 26.7 Å². The summed E-state index contributed by atoms with van der Waals surface area (Å²) in [5, 5.41) is 1.04. The second-order valence-corrected chi connectivity index (χ2v) is 12.2. The summed E-state index contributed by atoms with van der Waals surface area (Å²) in [4.78, 5) is 14.9. The van der Waals surface area contributed by atoms with Gasteiger partial charge in [-0.05, 0) is 43.3 Å². The van der Waals surface area contributed by atoms with Gasteiger partial charge in [-0.3, -0.25) is 4.90 Å². The van der Waals surface area contributed by atoms with Gasteiger partial charge in [0.2, 0.25) is 10.0 Å². The molecule has 3 saturated heterocycles. The normalized spacial score (nSPS) is 21.4. The lowest BCUT2D eigenvalue weighted by Crippen LogP contribution is -2.49. The van der Waals surface area contributed by atoms with Crippen molar-refractivity contribution in [3.63, 3.8) is 0 Å². The number of piperazine rings is 1. The molecule has 0 amide bonds. The lowest BCUT2D eigenvalue weighted by molar-refractivity contribution is -0.169. The van der Waals surface area contributed by atoms with Crippen LogP contribution in [0.5, 0.6) is 5.75 Å². The van der Waals surface area contributed by atoms with E-state index in [1.807, 2.05) is 18.2 Å². The number of sulfonamides is 1. The van der Waals surface area contributed by atoms with Crippen molar-refractivity contribution in [1.82, 2.24) is 19.2 Å². The zero-order valence-corrected chi connectivity index (χ0v) is 23.3. The highest BCUT2D eigenvalue weighted by Gasteiger charge is 2.40. The van der Waals surface area contributed by atoms with Crippen LogP contribution in [0.3, 0.4) is 0 Å².